The number of ether oxygens (including phenoxy) is 2. The summed E-state index contributed by atoms with van der Waals surface area (Å²) in [5.74, 6) is 1.34. The van der Waals surface area contributed by atoms with Crippen molar-refractivity contribution >= 4 is 5.69 Å². The molecule has 2 rings (SSSR count). The number of rotatable bonds is 6. The first-order valence-electron chi connectivity index (χ1n) is 6.69. The molecule has 0 radical (unpaired) electrons. The Hall–Kier alpha value is -2.67. The van der Waals surface area contributed by atoms with Crippen molar-refractivity contribution in [3.63, 3.8) is 0 Å². The molecule has 2 aromatic carbocycles. The van der Waals surface area contributed by atoms with Gasteiger partial charge in [0.25, 0.3) is 0 Å². The molecule has 0 saturated carbocycles. The molecule has 4 nitrogen and oxygen atoms in total. The lowest BCUT2D eigenvalue weighted by atomic mass is 10.0. The van der Waals surface area contributed by atoms with E-state index in [4.69, 9.17) is 14.7 Å². The third kappa shape index (κ3) is 3.67. The second-order valence-electron chi connectivity index (χ2n) is 4.54. The molecule has 4 heteroatoms. The van der Waals surface area contributed by atoms with Gasteiger partial charge in [-0.25, -0.2) is 0 Å². The number of benzene rings is 2. The van der Waals surface area contributed by atoms with Crippen molar-refractivity contribution in [3.8, 4) is 17.6 Å². The van der Waals surface area contributed by atoms with E-state index in [2.05, 4.69) is 11.4 Å². The summed E-state index contributed by atoms with van der Waals surface area (Å²) in [5, 5.41) is 12.4. The second-order valence-corrected chi connectivity index (χ2v) is 4.54. The maximum atomic E-state index is 9.02. The van der Waals surface area contributed by atoms with Crippen LogP contribution in [-0.2, 0) is 0 Å². The van der Waals surface area contributed by atoms with Crippen molar-refractivity contribution in [3.05, 3.63) is 54.1 Å². The largest absolute Gasteiger partial charge is 0.493 e. The van der Waals surface area contributed by atoms with Gasteiger partial charge in [0.15, 0.2) is 11.5 Å². The lowest BCUT2D eigenvalue weighted by molar-refractivity contribution is 0.355. The normalized spacial score (nSPS) is 11.3. The molecule has 0 spiro atoms. The number of hydrogen-bond donors (Lipinski definition) is 1. The van der Waals surface area contributed by atoms with E-state index in [1.165, 1.54) is 0 Å². The number of nitrogens with one attached hydrogen (secondary N) is 1. The van der Waals surface area contributed by atoms with Gasteiger partial charge < -0.3 is 14.8 Å². The Morgan fingerprint density at radius 2 is 1.76 bits per heavy atom. The van der Waals surface area contributed by atoms with Gasteiger partial charge in [-0.05, 0) is 17.7 Å². The molecular formula is C17H18N2O2. The SMILES string of the molecule is COc1ccc(NC(CC#N)c2ccccc2)cc1OC. The zero-order valence-electron chi connectivity index (χ0n) is 12.2. The summed E-state index contributed by atoms with van der Waals surface area (Å²) in [7, 11) is 3.21. The van der Waals surface area contributed by atoms with Crippen LogP contribution in [0.4, 0.5) is 5.69 Å². The predicted octanol–water partition coefficient (Wildman–Crippen LogP) is 3.77. The van der Waals surface area contributed by atoms with E-state index in [0.29, 0.717) is 17.9 Å². The average molecular weight is 282 g/mol. The van der Waals surface area contributed by atoms with Gasteiger partial charge in [-0.1, -0.05) is 30.3 Å². The minimum absolute atomic E-state index is 0.0608. The van der Waals surface area contributed by atoms with E-state index >= 15 is 0 Å². The number of anilines is 1. The zero-order valence-corrected chi connectivity index (χ0v) is 12.2. The lowest BCUT2D eigenvalue weighted by Gasteiger charge is -2.18. The molecule has 21 heavy (non-hydrogen) atoms. The van der Waals surface area contributed by atoms with Crippen molar-refractivity contribution < 1.29 is 9.47 Å². The Labute approximate surface area is 124 Å². The lowest BCUT2D eigenvalue weighted by Crippen LogP contribution is -2.10. The quantitative estimate of drug-likeness (QED) is 0.876. The molecule has 0 aliphatic rings. The van der Waals surface area contributed by atoms with Crippen molar-refractivity contribution in [2.75, 3.05) is 19.5 Å². The molecule has 0 saturated heterocycles. The minimum atomic E-state index is -0.0608. The molecule has 0 aliphatic heterocycles. The molecule has 0 heterocycles. The summed E-state index contributed by atoms with van der Waals surface area (Å²) in [6, 6.07) is 17.7. The molecule has 0 fully saturated rings. The van der Waals surface area contributed by atoms with Crippen LogP contribution < -0.4 is 14.8 Å². The van der Waals surface area contributed by atoms with Crippen molar-refractivity contribution in [2.24, 2.45) is 0 Å². The molecule has 0 aromatic heterocycles. The monoisotopic (exact) mass is 282 g/mol. The summed E-state index contributed by atoms with van der Waals surface area (Å²) in [6.07, 6.45) is 0.387. The van der Waals surface area contributed by atoms with Crippen LogP contribution in [0.15, 0.2) is 48.5 Å². The molecule has 1 unspecified atom stereocenters. The highest BCUT2D eigenvalue weighted by Crippen LogP contribution is 2.31. The molecule has 1 atom stereocenters. The van der Waals surface area contributed by atoms with E-state index < -0.39 is 0 Å². The van der Waals surface area contributed by atoms with E-state index in [-0.39, 0.29) is 6.04 Å². The Morgan fingerprint density at radius 3 is 2.38 bits per heavy atom. The number of nitrogens with zero attached hydrogens (tertiary/aromatic N) is 1. The Bertz CT molecular complexity index is 620. The second kappa shape index (κ2) is 7.20. The topological polar surface area (TPSA) is 54.3 Å². The highest BCUT2D eigenvalue weighted by Gasteiger charge is 2.12. The molecule has 2 aromatic rings. The summed E-state index contributed by atoms with van der Waals surface area (Å²) < 4.78 is 10.5. The van der Waals surface area contributed by atoms with Crippen LogP contribution in [0.5, 0.6) is 11.5 Å². The maximum Gasteiger partial charge on any atom is 0.162 e. The Balaban J connectivity index is 2.23. The van der Waals surface area contributed by atoms with Crippen LogP contribution in [0.1, 0.15) is 18.0 Å². The van der Waals surface area contributed by atoms with E-state index in [1.807, 2.05) is 48.5 Å². The fourth-order valence-electron chi connectivity index (χ4n) is 2.16. The van der Waals surface area contributed by atoms with Gasteiger partial charge >= 0.3 is 0 Å². The molecule has 0 amide bonds. The van der Waals surface area contributed by atoms with Gasteiger partial charge in [-0.15, -0.1) is 0 Å². The van der Waals surface area contributed by atoms with Gasteiger partial charge in [-0.3, -0.25) is 0 Å². The van der Waals surface area contributed by atoms with Crippen LogP contribution in [-0.4, -0.2) is 14.2 Å². The van der Waals surface area contributed by atoms with Gasteiger partial charge in [0, 0.05) is 11.8 Å². The van der Waals surface area contributed by atoms with Crippen molar-refractivity contribution in [1.29, 1.82) is 5.26 Å². The van der Waals surface area contributed by atoms with Crippen molar-refractivity contribution in [1.82, 2.24) is 0 Å². The summed E-state index contributed by atoms with van der Waals surface area (Å²) >= 11 is 0. The van der Waals surface area contributed by atoms with Gasteiger partial charge in [0.1, 0.15) is 0 Å². The number of hydrogen-bond acceptors (Lipinski definition) is 4. The summed E-state index contributed by atoms with van der Waals surface area (Å²) in [4.78, 5) is 0. The van der Waals surface area contributed by atoms with Crippen LogP contribution in [0.2, 0.25) is 0 Å². The zero-order chi connectivity index (χ0) is 15.1. The van der Waals surface area contributed by atoms with E-state index in [1.54, 1.807) is 14.2 Å². The summed E-state index contributed by atoms with van der Waals surface area (Å²) in [6.45, 7) is 0. The first kappa shape index (κ1) is 14.7. The Kier molecular flexibility index (Phi) is 5.05. The van der Waals surface area contributed by atoms with Gasteiger partial charge in [0.05, 0.1) is 32.8 Å². The minimum Gasteiger partial charge on any atom is -0.493 e. The van der Waals surface area contributed by atoms with Crippen LogP contribution in [0.3, 0.4) is 0 Å². The van der Waals surface area contributed by atoms with E-state index in [0.717, 1.165) is 11.3 Å². The fraction of sp³-hybridized carbons (Fsp3) is 0.235. The first-order valence-corrected chi connectivity index (χ1v) is 6.69. The smallest absolute Gasteiger partial charge is 0.162 e. The van der Waals surface area contributed by atoms with Gasteiger partial charge in [-0.2, -0.15) is 5.26 Å². The standard InChI is InChI=1S/C17H18N2O2/c1-20-16-9-8-14(12-17(16)21-2)19-15(10-11-18)13-6-4-3-5-7-13/h3-9,12,15,19H,10H2,1-2H3. The third-order valence-corrected chi connectivity index (χ3v) is 3.22. The maximum absolute atomic E-state index is 9.02. The molecular weight excluding hydrogens is 264 g/mol. The van der Waals surface area contributed by atoms with Crippen LogP contribution in [0, 0.1) is 11.3 Å². The third-order valence-electron chi connectivity index (χ3n) is 3.22. The molecule has 1 N–H and O–H groups in total. The molecule has 0 aliphatic carbocycles. The Morgan fingerprint density at radius 1 is 1.05 bits per heavy atom. The van der Waals surface area contributed by atoms with Crippen LogP contribution >= 0.6 is 0 Å². The number of methoxy groups -OCH3 is 2. The molecule has 0 bridgehead atoms. The number of nitriles is 1. The average Bonchev–Trinajstić information content (AvgIpc) is 2.55. The first-order chi connectivity index (χ1) is 10.3. The van der Waals surface area contributed by atoms with Crippen molar-refractivity contribution in [2.45, 2.75) is 12.5 Å². The highest BCUT2D eigenvalue weighted by atomic mass is 16.5. The highest BCUT2D eigenvalue weighted by molar-refractivity contribution is 5.55. The predicted molar refractivity (Wildman–Crippen MR) is 82.6 cm³/mol. The van der Waals surface area contributed by atoms with Gasteiger partial charge in [0.2, 0.25) is 0 Å². The molecule has 108 valence electrons. The fourth-order valence-corrected chi connectivity index (χ4v) is 2.16. The summed E-state index contributed by atoms with van der Waals surface area (Å²) in [5.41, 5.74) is 1.96. The van der Waals surface area contributed by atoms with Crippen LogP contribution in [0.25, 0.3) is 0 Å². The van der Waals surface area contributed by atoms with E-state index in [9.17, 15) is 0 Å².